The van der Waals surface area contributed by atoms with Crippen molar-refractivity contribution in [2.24, 2.45) is 0 Å². The van der Waals surface area contributed by atoms with Crippen molar-refractivity contribution in [1.82, 2.24) is 9.29 Å². The van der Waals surface area contributed by atoms with E-state index in [9.17, 15) is 13.2 Å². The molecule has 6 nitrogen and oxygen atoms in total. The van der Waals surface area contributed by atoms with Crippen LogP contribution in [0.5, 0.6) is 0 Å². The molecule has 0 bridgehead atoms. The van der Waals surface area contributed by atoms with Gasteiger partial charge in [0.1, 0.15) is 0 Å². The second-order valence-corrected chi connectivity index (χ2v) is 12.2. The number of aromatic nitrogens is 1. The van der Waals surface area contributed by atoms with E-state index in [-0.39, 0.29) is 11.3 Å². The van der Waals surface area contributed by atoms with Gasteiger partial charge >= 0.3 is 0 Å². The summed E-state index contributed by atoms with van der Waals surface area (Å²) in [5.74, 6) is -0.257. The number of benzene rings is 2. The molecule has 4 rings (SSSR count). The van der Waals surface area contributed by atoms with Gasteiger partial charge in [-0.05, 0) is 47.6 Å². The SMILES string of the molecule is CC(C)(C)c1ccc(/C=C/C(=O)Nc2nc(-c3ccc(S(=O)(=O)N4CCCC4)cc3)cs2)cc1. The fraction of sp³-hybridized carbons (Fsp3) is 0.308. The quantitative estimate of drug-likeness (QED) is 0.455. The maximum Gasteiger partial charge on any atom is 0.250 e. The van der Waals surface area contributed by atoms with Gasteiger partial charge in [0, 0.05) is 30.1 Å². The summed E-state index contributed by atoms with van der Waals surface area (Å²) in [5.41, 5.74) is 3.77. The lowest BCUT2D eigenvalue weighted by Gasteiger charge is -2.18. The van der Waals surface area contributed by atoms with Crippen molar-refractivity contribution in [3.63, 3.8) is 0 Å². The van der Waals surface area contributed by atoms with Gasteiger partial charge in [-0.15, -0.1) is 11.3 Å². The van der Waals surface area contributed by atoms with Crippen LogP contribution < -0.4 is 5.32 Å². The first-order valence-electron chi connectivity index (χ1n) is 11.3. The molecule has 0 radical (unpaired) electrons. The molecule has 1 N–H and O–H groups in total. The standard InChI is InChI=1S/C26H29N3O3S2/c1-26(2,3)21-11-6-19(7-12-21)8-15-24(30)28-25-27-23(18-33-25)20-9-13-22(14-10-20)34(31,32)29-16-4-5-17-29/h6-15,18H,4-5,16-17H2,1-3H3,(H,27,28,30)/b15-8+. The van der Waals surface area contributed by atoms with E-state index in [1.807, 2.05) is 17.5 Å². The Balaban J connectivity index is 1.38. The molecule has 1 fully saturated rings. The van der Waals surface area contributed by atoms with Crippen LogP contribution in [0.1, 0.15) is 44.7 Å². The Morgan fingerprint density at radius 2 is 1.68 bits per heavy atom. The predicted octanol–water partition coefficient (Wildman–Crippen LogP) is 5.54. The largest absolute Gasteiger partial charge is 0.298 e. The number of thiazole rings is 1. The normalized spacial score (nSPS) is 15.1. The van der Waals surface area contributed by atoms with Gasteiger partial charge in [0.15, 0.2) is 5.13 Å². The average Bonchev–Trinajstić information content (AvgIpc) is 3.50. The summed E-state index contributed by atoms with van der Waals surface area (Å²) in [6.45, 7) is 7.65. The lowest BCUT2D eigenvalue weighted by atomic mass is 9.87. The Morgan fingerprint density at radius 1 is 1.03 bits per heavy atom. The minimum Gasteiger partial charge on any atom is -0.298 e. The van der Waals surface area contributed by atoms with Crippen LogP contribution in [0.4, 0.5) is 5.13 Å². The average molecular weight is 496 g/mol. The summed E-state index contributed by atoms with van der Waals surface area (Å²) >= 11 is 1.33. The van der Waals surface area contributed by atoms with Crippen LogP contribution in [0.2, 0.25) is 0 Å². The van der Waals surface area contributed by atoms with E-state index < -0.39 is 10.0 Å². The molecule has 0 spiro atoms. The van der Waals surface area contributed by atoms with Crippen LogP contribution >= 0.6 is 11.3 Å². The zero-order chi connectivity index (χ0) is 24.3. The number of nitrogens with one attached hydrogen (secondary N) is 1. The molecular weight excluding hydrogens is 466 g/mol. The molecule has 1 amide bonds. The van der Waals surface area contributed by atoms with Gasteiger partial charge in [-0.2, -0.15) is 4.31 Å². The Bertz CT molecular complexity index is 1280. The van der Waals surface area contributed by atoms with E-state index in [1.165, 1.54) is 27.3 Å². The highest BCUT2D eigenvalue weighted by atomic mass is 32.2. The predicted molar refractivity (Wildman–Crippen MR) is 138 cm³/mol. The molecular formula is C26H29N3O3S2. The molecule has 0 saturated carbocycles. The van der Waals surface area contributed by atoms with E-state index in [0.717, 1.165) is 24.0 Å². The number of anilines is 1. The number of rotatable bonds is 6. The van der Waals surface area contributed by atoms with Gasteiger partial charge in [0.2, 0.25) is 15.9 Å². The van der Waals surface area contributed by atoms with Crippen molar-refractivity contribution in [2.75, 3.05) is 18.4 Å². The van der Waals surface area contributed by atoms with E-state index >= 15 is 0 Å². The van der Waals surface area contributed by atoms with Gasteiger partial charge in [-0.1, -0.05) is 57.2 Å². The van der Waals surface area contributed by atoms with Crippen molar-refractivity contribution in [3.8, 4) is 11.3 Å². The van der Waals surface area contributed by atoms with Crippen LogP contribution in [0.25, 0.3) is 17.3 Å². The van der Waals surface area contributed by atoms with Crippen molar-refractivity contribution in [2.45, 2.75) is 43.9 Å². The lowest BCUT2D eigenvalue weighted by Crippen LogP contribution is -2.27. The van der Waals surface area contributed by atoms with Gasteiger partial charge in [-0.25, -0.2) is 13.4 Å². The van der Waals surface area contributed by atoms with Crippen LogP contribution in [0.3, 0.4) is 0 Å². The van der Waals surface area contributed by atoms with Crippen LogP contribution in [0, 0.1) is 0 Å². The van der Waals surface area contributed by atoms with E-state index in [2.05, 4.69) is 43.2 Å². The first-order chi connectivity index (χ1) is 16.1. The van der Waals surface area contributed by atoms with Crippen LogP contribution in [-0.2, 0) is 20.2 Å². The second kappa shape index (κ2) is 9.82. The van der Waals surface area contributed by atoms with Crippen molar-refractivity contribution < 1.29 is 13.2 Å². The molecule has 2 aromatic carbocycles. The molecule has 1 aliphatic rings. The maximum absolute atomic E-state index is 12.7. The second-order valence-electron chi connectivity index (χ2n) is 9.37. The number of carbonyl (C=O) groups is 1. The third kappa shape index (κ3) is 5.63. The molecule has 0 atom stereocenters. The van der Waals surface area contributed by atoms with Crippen LogP contribution in [0.15, 0.2) is 64.9 Å². The Kier molecular flexibility index (Phi) is 7.02. The topological polar surface area (TPSA) is 79.4 Å². The first kappa shape index (κ1) is 24.3. The molecule has 1 saturated heterocycles. The molecule has 178 valence electrons. The zero-order valence-corrected chi connectivity index (χ0v) is 21.2. The third-order valence-corrected chi connectivity index (χ3v) is 8.46. The Hall–Kier alpha value is -2.81. The molecule has 34 heavy (non-hydrogen) atoms. The molecule has 1 aromatic heterocycles. The smallest absolute Gasteiger partial charge is 0.250 e. The van der Waals surface area contributed by atoms with E-state index in [1.54, 1.807) is 30.3 Å². The lowest BCUT2D eigenvalue weighted by molar-refractivity contribution is -0.111. The summed E-state index contributed by atoms with van der Waals surface area (Å²) in [6, 6.07) is 14.9. The van der Waals surface area contributed by atoms with Gasteiger partial charge in [0.05, 0.1) is 10.6 Å². The molecule has 0 aliphatic carbocycles. The van der Waals surface area contributed by atoms with E-state index in [4.69, 9.17) is 0 Å². The maximum atomic E-state index is 12.7. The Morgan fingerprint density at radius 3 is 2.29 bits per heavy atom. The highest BCUT2D eigenvalue weighted by Crippen LogP contribution is 2.28. The molecule has 0 unspecified atom stereocenters. The number of amides is 1. The minimum absolute atomic E-state index is 0.0879. The number of sulfonamides is 1. The first-order valence-corrected chi connectivity index (χ1v) is 13.6. The minimum atomic E-state index is -3.44. The fourth-order valence-corrected chi connectivity index (χ4v) is 5.99. The van der Waals surface area contributed by atoms with Crippen molar-refractivity contribution in [3.05, 3.63) is 71.1 Å². The Labute approximate surface area is 205 Å². The zero-order valence-electron chi connectivity index (χ0n) is 19.6. The number of nitrogens with zero attached hydrogens (tertiary/aromatic N) is 2. The van der Waals surface area contributed by atoms with Crippen molar-refractivity contribution >= 4 is 38.5 Å². The highest BCUT2D eigenvalue weighted by molar-refractivity contribution is 7.89. The summed E-state index contributed by atoms with van der Waals surface area (Å²) < 4.78 is 26.9. The summed E-state index contributed by atoms with van der Waals surface area (Å²) in [6.07, 6.45) is 5.08. The summed E-state index contributed by atoms with van der Waals surface area (Å²) in [7, 11) is -3.44. The number of hydrogen-bond donors (Lipinski definition) is 1. The van der Waals surface area contributed by atoms with Gasteiger partial charge < -0.3 is 0 Å². The summed E-state index contributed by atoms with van der Waals surface area (Å²) in [5, 5.41) is 5.12. The molecule has 1 aliphatic heterocycles. The number of hydrogen-bond acceptors (Lipinski definition) is 5. The van der Waals surface area contributed by atoms with Gasteiger partial charge in [-0.3, -0.25) is 10.1 Å². The van der Waals surface area contributed by atoms with Crippen molar-refractivity contribution in [1.29, 1.82) is 0 Å². The summed E-state index contributed by atoms with van der Waals surface area (Å²) in [4.78, 5) is 17.1. The fourth-order valence-electron chi connectivity index (χ4n) is 3.75. The monoisotopic (exact) mass is 495 g/mol. The van der Waals surface area contributed by atoms with Gasteiger partial charge in [0.25, 0.3) is 0 Å². The molecule has 3 aromatic rings. The third-order valence-electron chi connectivity index (χ3n) is 5.79. The molecule has 8 heteroatoms. The highest BCUT2D eigenvalue weighted by Gasteiger charge is 2.27. The number of carbonyl (C=O) groups excluding carboxylic acids is 1. The van der Waals surface area contributed by atoms with E-state index in [0.29, 0.717) is 28.8 Å². The van der Waals surface area contributed by atoms with Crippen LogP contribution in [-0.4, -0.2) is 36.7 Å². The molecule has 2 heterocycles.